The molecule has 19 heavy (non-hydrogen) atoms. The molecule has 0 saturated heterocycles. The molecule has 1 aliphatic carbocycles. The molecule has 2 aromatic heterocycles. The van der Waals surface area contributed by atoms with Crippen molar-refractivity contribution in [2.75, 3.05) is 0 Å². The Balaban J connectivity index is 1.98. The van der Waals surface area contributed by atoms with Crippen molar-refractivity contribution in [3.8, 4) is 10.7 Å². The standard InChI is InChI=1S/C15H15N3S/c16-9-10-3-6-13-12(8-10)17-15(14-2-1-7-19-14)18(13)11-4-5-11/h1-3,6-8,11H,4-5,9,16H2. The van der Waals surface area contributed by atoms with E-state index in [9.17, 15) is 0 Å². The van der Waals surface area contributed by atoms with Gasteiger partial charge in [-0.1, -0.05) is 12.1 Å². The van der Waals surface area contributed by atoms with Crippen molar-refractivity contribution >= 4 is 22.4 Å². The zero-order chi connectivity index (χ0) is 12.8. The van der Waals surface area contributed by atoms with Crippen molar-refractivity contribution in [2.45, 2.75) is 25.4 Å². The third-order valence-electron chi connectivity index (χ3n) is 3.64. The van der Waals surface area contributed by atoms with Crippen molar-refractivity contribution in [2.24, 2.45) is 5.73 Å². The number of thiophene rings is 1. The van der Waals surface area contributed by atoms with Gasteiger partial charge in [-0.15, -0.1) is 11.3 Å². The average molecular weight is 269 g/mol. The minimum Gasteiger partial charge on any atom is -0.326 e. The van der Waals surface area contributed by atoms with Crippen molar-refractivity contribution in [3.63, 3.8) is 0 Å². The molecule has 0 atom stereocenters. The number of aromatic nitrogens is 2. The second-order valence-electron chi connectivity index (χ2n) is 5.04. The Labute approximate surface area is 115 Å². The highest BCUT2D eigenvalue weighted by Gasteiger charge is 2.28. The fourth-order valence-corrected chi connectivity index (χ4v) is 3.26. The third kappa shape index (κ3) is 1.79. The largest absolute Gasteiger partial charge is 0.326 e. The maximum Gasteiger partial charge on any atom is 0.151 e. The monoisotopic (exact) mass is 269 g/mol. The summed E-state index contributed by atoms with van der Waals surface area (Å²) in [5.41, 5.74) is 9.17. The van der Waals surface area contributed by atoms with Crippen LogP contribution in [0.3, 0.4) is 0 Å². The normalized spacial score (nSPS) is 15.2. The number of nitrogens with zero attached hydrogens (tertiary/aromatic N) is 2. The Hall–Kier alpha value is -1.65. The molecule has 1 aromatic carbocycles. The van der Waals surface area contributed by atoms with Gasteiger partial charge in [-0.25, -0.2) is 4.98 Å². The van der Waals surface area contributed by atoms with Gasteiger partial charge in [0.25, 0.3) is 0 Å². The summed E-state index contributed by atoms with van der Waals surface area (Å²) in [6.07, 6.45) is 2.53. The van der Waals surface area contributed by atoms with Crippen LogP contribution in [0.5, 0.6) is 0 Å². The van der Waals surface area contributed by atoms with Crippen LogP contribution < -0.4 is 5.73 Å². The Morgan fingerprint density at radius 2 is 2.21 bits per heavy atom. The van der Waals surface area contributed by atoms with Gasteiger partial charge >= 0.3 is 0 Å². The SMILES string of the molecule is NCc1ccc2c(c1)nc(-c1cccs1)n2C1CC1. The number of benzene rings is 1. The zero-order valence-corrected chi connectivity index (χ0v) is 11.4. The molecular weight excluding hydrogens is 254 g/mol. The molecule has 4 rings (SSSR count). The first-order valence-electron chi connectivity index (χ1n) is 6.61. The molecule has 1 fully saturated rings. The summed E-state index contributed by atoms with van der Waals surface area (Å²) in [4.78, 5) is 6.09. The lowest BCUT2D eigenvalue weighted by molar-refractivity contribution is 0.776. The first kappa shape index (κ1) is 11.2. The van der Waals surface area contributed by atoms with Gasteiger partial charge in [-0.3, -0.25) is 0 Å². The number of hydrogen-bond acceptors (Lipinski definition) is 3. The van der Waals surface area contributed by atoms with E-state index in [0.29, 0.717) is 12.6 Å². The van der Waals surface area contributed by atoms with Gasteiger partial charge < -0.3 is 10.3 Å². The minimum absolute atomic E-state index is 0.570. The van der Waals surface area contributed by atoms with Crippen molar-refractivity contribution in [1.82, 2.24) is 9.55 Å². The molecule has 2 N–H and O–H groups in total. The summed E-state index contributed by atoms with van der Waals surface area (Å²) >= 11 is 1.75. The van der Waals surface area contributed by atoms with Crippen molar-refractivity contribution < 1.29 is 0 Å². The van der Waals surface area contributed by atoms with Gasteiger partial charge in [0.05, 0.1) is 15.9 Å². The van der Waals surface area contributed by atoms with E-state index in [1.54, 1.807) is 11.3 Å². The van der Waals surface area contributed by atoms with E-state index < -0.39 is 0 Å². The van der Waals surface area contributed by atoms with Gasteiger partial charge in [0, 0.05) is 12.6 Å². The molecular formula is C15H15N3S. The zero-order valence-electron chi connectivity index (χ0n) is 10.5. The third-order valence-corrected chi connectivity index (χ3v) is 4.51. The van der Waals surface area contributed by atoms with Crippen LogP contribution in [-0.2, 0) is 6.54 Å². The number of nitrogens with two attached hydrogens (primary N) is 1. The van der Waals surface area contributed by atoms with E-state index in [0.717, 1.165) is 16.9 Å². The van der Waals surface area contributed by atoms with E-state index in [2.05, 4.69) is 40.3 Å². The first-order valence-corrected chi connectivity index (χ1v) is 7.49. The smallest absolute Gasteiger partial charge is 0.151 e. The number of imidazole rings is 1. The fraction of sp³-hybridized carbons (Fsp3) is 0.267. The summed E-state index contributed by atoms with van der Waals surface area (Å²) in [6.45, 7) is 0.570. The van der Waals surface area contributed by atoms with E-state index >= 15 is 0 Å². The summed E-state index contributed by atoms with van der Waals surface area (Å²) in [6, 6.07) is 11.3. The maximum absolute atomic E-state index is 5.72. The number of rotatable bonds is 3. The van der Waals surface area contributed by atoms with Crippen molar-refractivity contribution in [3.05, 3.63) is 41.3 Å². The summed E-state index contributed by atoms with van der Waals surface area (Å²) in [5.74, 6) is 1.11. The molecule has 0 aliphatic heterocycles. The summed E-state index contributed by atoms with van der Waals surface area (Å²) < 4.78 is 2.40. The van der Waals surface area contributed by atoms with E-state index in [4.69, 9.17) is 10.7 Å². The van der Waals surface area contributed by atoms with Gasteiger partial charge in [0.1, 0.15) is 0 Å². The lowest BCUT2D eigenvalue weighted by atomic mass is 10.2. The molecule has 0 amide bonds. The van der Waals surface area contributed by atoms with Crippen LogP contribution in [0.25, 0.3) is 21.7 Å². The predicted octanol–water partition coefficient (Wildman–Crippen LogP) is 3.56. The van der Waals surface area contributed by atoms with Gasteiger partial charge in [-0.2, -0.15) is 0 Å². The Kier molecular flexibility index (Phi) is 2.47. The minimum atomic E-state index is 0.570. The lowest BCUT2D eigenvalue weighted by Crippen LogP contribution is -1.97. The molecule has 1 aliphatic rings. The Morgan fingerprint density at radius 3 is 2.89 bits per heavy atom. The predicted molar refractivity (Wildman–Crippen MR) is 79.2 cm³/mol. The van der Waals surface area contributed by atoms with Crippen molar-refractivity contribution in [1.29, 1.82) is 0 Å². The van der Waals surface area contributed by atoms with Crippen LogP contribution in [0.1, 0.15) is 24.4 Å². The Morgan fingerprint density at radius 1 is 1.32 bits per heavy atom. The van der Waals surface area contributed by atoms with Gasteiger partial charge in [0.2, 0.25) is 0 Å². The highest BCUT2D eigenvalue weighted by atomic mass is 32.1. The molecule has 3 aromatic rings. The van der Waals surface area contributed by atoms with Crippen LogP contribution in [0.15, 0.2) is 35.7 Å². The molecule has 2 heterocycles. The molecule has 3 nitrogen and oxygen atoms in total. The average Bonchev–Trinajstić information content (AvgIpc) is 3.01. The highest BCUT2D eigenvalue weighted by Crippen LogP contribution is 2.42. The lowest BCUT2D eigenvalue weighted by Gasteiger charge is -2.06. The van der Waals surface area contributed by atoms with Gasteiger partial charge in [-0.05, 0) is 42.0 Å². The molecule has 96 valence electrons. The molecule has 4 heteroatoms. The van der Waals surface area contributed by atoms with Crippen LogP contribution in [0.2, 0.25) is 0 Å². The second-order valence-corrected chi connectivity index (χ2v) is 5.99. The Bertz CT molecular complexity index is 723. The van der Waals surface area contributed by atoms with Crippen LogP contribution in [0, 0.1) is 0 Å². The number of fused-ring (bicyclic) bond motifs is 1. The highest BCUT2D eigenvalue weighted by molar-refractivity contribution is 7.13. The molecule has 0 bridgehead atoms. The summed E-state index contributed by atoms with van der Waals surface area (Å²) in [7, 11) is 0. The molecule has 0 unspecified atom stereocenters. The molecule has 0 spiro atoms. The van der Waals surface area contributed by atoms with E-state index in [1.807, 2.05) is 0 Å². The van der Waals surface area contributed by atoms with Crippen LogP contribution >= 0.6 is 11.3 Å². The second kappa shape index (κ2) is 4.18. The molecule has 1 saturated carbocycles. The van der Waals surface area contributed by atoms with Crippen LogP contribution in [-0.4, -0.2) is 9.55 Å². The number of hydrogen-bond donors (Lipinski definition) is 1. The van der Waals surface area contributed by atoms with Gasteiger partial charge in [0.15, 0.2) is 5.82 Å². The first-order chi connectivity index (χ1) is 9.36. The molecule has 0 radical (unpaired) electrons. The van der Waals surface area contributed by atoms with E-state index in [-0.39, 0.29) is 0 Å². The fourth-order valence-electron chi connectivity index (χ4n) is 2.55. The summed E-state index contributed by atoms with van der Waals surface area (Å²) in [5, 5.41) is 2.11. The van der Waals surface area contributed by atoms with E-state index in [1.165, 1.54) is 23.2 Å². The maximum atomic E-state index is 5.72. The quantitative estimate of drug-likeness (QED) is 0.790. The van der Waals surface area contributed by atoms with Crippen LogP contribution in [0.4, 0.5) is 0 Å². The topological polar surface area (TPSA) is 43.8 Å².